The number of carbonyl (C=O) groups is 1. The maximum absolute atomic E-state index is 12.4. The van der Waals surface area contributed by atoms with Gasteiger partial charge in [0.15, 0.2) is 0 Å². The summed E-state index contributed by atoms with van der Waals surface area (Å²) < 4.78 is 31.5. The van der Waals surface area contributed by atoms with Crippen molar-refractivity contribution < 1.29 is 17.9 Å². The quantitative estimate of drug-likeness (QED) is 0.712. The smallest absolute Gasteiger partial charge is 0.323 e. The Morgan fingerprint density at radius 2 is 1.97 bits per heavy atom. The van der Waals surface area contributed by atoms with Gasteiger partial charge in [0.2, 0.25) is 10.0 Å². The van der Waals surface area contributed by atoms with Crippen LogP contribution in [0, 0.1) is 0 Å². The monoisotopic (exact) mass is 437 g/mol. The summed E-state index contributed by atoms with van der Waals surface area (Å²) in [5.74, 6) is 0.635. The second-order valence-corrected chi connectivity index (χ2v) is 9.33. The van der Waals surface area contributed by atoms with Crippen molar-refractivity contribution in [2.24, 2.45) is 0 Å². The van der Waals surface area contributed by atoms with Gasteiger partial charge in [-0.15, -0.1) is 0 Å². The van der Waals surface area contributed by atoms with E-state index < -0.39 is 16.1 Å². The van der Waals surface area contributed by atoms with Gasteiger partial charge < -0.3 is 15.4 Å². The summed E-state index contributed by atoms with van der Waals surface area (Å²) in [6.45, 7) is 2.65. The number of urea groups is 1. The second kappa shape index (κ2) is 9.02. The van der Waals surface area contributed by atoms with Crippen LogP contribution in [0.2, 0.25) is 5.02 Å². The Kier molecular flexibility index (Phi) is 6.66. The molecule has 2 amide bonds. The molecular formula is C20H24ClN3O4S. The number of benzene rings is 2. The topological polar surface area (TPSA) is 87.7 Å². The van der Waals surface area contributed by atoms with Gasteiger partial charge in [-0.05, 0) is 54.3 Å². The van der Waals surface area contributed by atoms with Gasteiger partial charge >= 0.3 is 6.03 Å². The molecule has 0 saturated heterocycles. The van der Waals surface area contributed by atoms with Crippen LogP contribution >= 0.6 is 11.6 Å². The lowest BCUT2D eigenvalue weighted by Crippen LogP contribution is -2.37. The molecule has 0 fully saturated rings. The Hall–Kier alpha value is -2.29. The number of anilines is 2. The van der Waals surface area contributed by atoms with Crippen molar-refractivity contribution in [3.05, 3.63) is 52.5 Å². The third kappa shape index (κ3) is 5.20. The molecule has 2 N–H and O–H groups in total. The van der Waals surface area contributed by atoms with E-state index >= 15 is 0 Å². The fourth-order valence-corrected chi connectivity index (χ4v) is 4.95. The van der Waals surface area contributed by atoms with Crippen molar-refractivity contribution in [1.29, 1.82) is 0 Å². The molecule has 29 heavy (non-hydrogen) atoms. The summed E-state index contributed by atoms with van der Waals surface area (Å²) >= 11 is 5.99. The summed E-state index contributed by atoms with van der Waals surface area (Å²) in [7, 11) is -1.75. The molecule has 1 aliphatic rings. The van der Waals surface area contributed by atoms with Crippen molar-refractivity contribution in [1.82, 2.24) is 4.31 Å². The lowest BCUT2D eigenvalue weighted by Gasteiger charge is -2.28. The maximum atomic E-state index is 12.4. The predicted octanol–water partition coefficient (Wildman–Crippen LogP) is 4.09. The van der Waals surface area contributed by atoms with E-state index in [1.165, 1.54) is 11.4 Å². The number of ether oxygens (including phenoxy) is 1. The third-order valence-electron chi connectivity index (χ3n) is 4.71. The molecule has 0 saturated carbocycles. The summed E-state index contributed by atoms with van der Waals surface area (Å²) in [6, 6.07) is 10.0. The predicted molar refractivity (Wildman–Crippen MR) is 115 cm³/mol. The van der Waals surface area contributed by atoms with Gasteiger partial charge in [-0.25, -0.2) is 13.2 Å². The number of nitrogens with zero attached hydrogens (tertiary/aromatic N) is 1. The van der Waals surface area contributed by atoms with E-state index in [1.54, 1.807) is 18.2 Å². The molecule has 0 aliphatic carbocycles. The molecule has 156 valence electrons. The fourth-order valence-electron chi connectivity index (χ4n) is 3.30. The number of halogens is 1. The van der Waals surface area contributed by atoms with Gasteiger partial charge in [0.05, 0.1) is 18.6 Å². The first-order chi connectivity index (χ1) is 13.8. The molecule has 0 unspecified atom stereocenters. The van der Waals surface area contributed by atoms with Crippen molar-refractivity contribution in [3.8, 4) is 5.75 Å². The van der Waals surface area contributed by atoms with Gasteiger partial charge in [-0.3, -0.25) is 0 Å². The highest BCUT2D eigenvalue weighted by molar-refractivity contribution is 7.89. The Bertz CT molecular complexity index is 1010. The summed E-state index contributed by atoms with van der Waals surface area (Å²) in [5, 5.41) is 5.96. The SMILES string of the molecule is CCCS(=O)(=O)N1CCc2ccc(NC(=O)Nc3cc(Cl)ccc3OC)cc2C1. The highest BCUT2D eigenvalue weighted by atomic mass is 35.5. The van der Waals surface area contributed by atoms with Crippen LogP contribution in [0.15, 0.2) is 36.4 Å². The van der Waals surface area contributed by atoms with E-state index in [0.29, 0.717) is 48.1 Å². The molecular weight excluding hydrogens is 414 g/mol. The van der Waals surface area contributed by atoms with Crippen molar-refractivity contribution in [2.45, 2.75) is 26.3 Å². The summed E-state index contributed by atoms with van der Waals surface area (Å²) in [4.78, 5) is 12.4. The molecule has 7 nitrogen and oxygen atoms in total. The molecule has 0 bridgehead atoms. The number of carbonyl (C=O) groups excluding carboxylic acids is 1. The standard InChI is InChI=1S/C20H24ClN3O4S/c1-3-10-29(26,27)24-9-8-14-4-6-17(11-15(14)13-24)22-20(25)23-18-12-16(21)5-7-19(18)28-2/h4-7,11-12H,3,8-10,13H2,1-2H3,(H2,22,23,25). The van der Waals surface area contributed by atoms with Gasteiger partial charge in [-0.2, -0.15) is 4.31 Å². The third-order valence-corrected chi connectivity index (χ3v) is 6.96. The minimum atomic E-state index is -3.26. The van der Waals surface area contributed by atoms with E-state index in [4.69, 9.17) is 16.3 Å². The van der Waals surface area contributed by atoms with Crippen LogP contribution in [0.1, 0.15) is 24.5 Å². The van der Waals surface area contributed by atoms with Crippen molar-refractivity contribution in [2.75, 3.05) is 30.0 Å². The van der Waals surface area contributed by atoms with Crippen LogP contribution < -0.4 is 15.4 Å². The minimum absolute atomic E-state index is 0.143. The van der Waals surface area contributed by atoms with Gasteiger partial charge in [0, 0.05) is 23.8 Å². The highest BCUT2D eigenvalue weighted by Crippen LogP contribution is 2.28. The number of rotatable bonds is 6. The molecule has 0 radical (unpaired) electrons. The highest BCUT2D eigenvalue weighted by Gasteiger charge is 2.26. The Morgan fingerprint density at radius 1 is 1.17 bits per heavy atom. The maximum Gasteiger partial charge on any atom is 0.323 e. The molecule has 3 rings (SSSR count). The zero-order valence-corrected chi connectivity index (χ0v) is 17.9. The van der Waals surface area contributed by atoms with Crippen LogP contribution in [0.3, 0.4) is 0 Å². The van der Waals surface area contributed by atoms with E-state index in [0.717, 1.165) is 11.1 Å². The van der Waals surface area contributed by atoms with E-state index in [9.17, 15) is 13.2 Å². The number of fused-ring (bicyclic) bond motifs is 1. The molecule has 1 heterocycles. The average molecular weight is 438 g/mol. The molecule has 0 aromatic heterocycles. The largest absolute Gasteiger partial charge is 0.495 e. The van der Waals surface area contributed by atoms with Crippen molar-refractivity contribution in [3.63, 3.8) is 0 Å². The molecule has 2 aromatic rings. The molecule has 0 spiro atoms. The first kappa shape index (κ1) is 21.4. The van der Waals surface area contributed by atoms with Crippen LogP contribution in [-0.4, -0.2) is 38.2 Å². The summed E-state index contributed by atoms with van der Waals surface area (Å²) in [6.07, 6.45) is 1.24. The number of nitrogens with one attached hydrogen (secondary N) is 2. The average Bonchev–Trinajstić information content (AvgIpc) is 2.67. The molecule has 9 heteroatoms. The van der Waals surface area contributed by atoms with Gasteiger partial charge in [0.25, 0.3) is 0 Å². The lowest BCUT2D eigenvalue weighted by molar-refractivity contribution is 0.262. The van der Waals surface area contributed by atoms with Crippen LogP contribution in [0.25, 0.3) is 0 Å². The normalized spacial score (nSPS) is 14.2. The molecule has 1 aliphatic heterocycles. The first-order valence-electron chi connectivity index (χ1n) is 9.33. The van der Waals surface area contributed by atoms with E-state index in [-0.39, 0.29) is 5.75 Å². The van der Waals surface area contributed by atoms with Crippen molar-refractivity contribution >= 4 is 39.0 Å². The number of hydrogen-bond acceptors (Lipinski definition) is 4. The first-order valence-corrected chi connectivity index (χ1v) is 11.3. The number of hydrogen-bond donors (Lipinski definition) is 2. The number of methoxy groups -OCH3 is 1. The van der Waals surface area contributed by atoms with E-state index in [1.807, 2.05) is 25.1 Å². The Labute approximate surface area is 176 Å². The Morgan fingerprint density at radius 3 is 2.69 bits per heavy atom. The van der Waals surface area contributed by atoms with Gasteiger partial charge in [0.1, 0.15) is 5.75 Å². The van der Waals surface area contributed by atoms with Crippen LogP contribution in [0.5, 0.6) is 5.75 Å². The van der Waals surface area contributed by atoms with Crippen LogP contribution in [-0.2, 0) is 23.0 Å². The summed E-state index contributed by atoms with van der Waals surface area (Å²) in [5.41, 5.74) is 3.02. The zero-order chi connectivity index (χ0) is 21.0. The van der Waals surface area contributed by atoms with Crippen LogP contribution in [0.4, 0.5) is 16.2 Å². The minimum Gasteiger partial charge on any atom is -0.495 e. The zero-order valence-electron chi connectivity index (χ0n) is 16.4. The molecule has 2 aromatic carbocycles. The van der Waals surface area contributed by atoms with E-state index in [2.05, 4.69) is 10.6 Å². The number of amides is 2. The lowest BCUT2D eigenvalue weighted by atomic mass is 10.0. The fraction of sp³-hybridized carbons (Fsp3) is 0.350. The second-order valence-electron chi connectivity index (χ2n) is 6.81. The van der Waals surface area contributed by atoms with Gasteiger partial charge in [-0.1, -0.05) is 24.6 Å². The molecule has 0 atom stereocenters. The Balaban J connectivity index is 1.72. The number of sulfonamides is 1.